The molecule has 1 atom stereocenters. The minimum atomic E-state index is -0.246. The van der Waals surface area contributed by atoms with Crippen LogP contribution in [-0.2, 0) is 6.54 Å². The summed E-state index contributed by atoms with van der Waals surface area (Å²) in [5.74, 6) is 0. The molecule has 2 amide bonds. The fraction of sp³-hybridized carbons (Fsp3) is 0.350. The zero-order valence-electron chi connectivity index (χ0n) is 15.8. The van der Waals surface area contributed by atoms with Gasteiger partial charge in [0.05, 0.1) is 36.1 Å². The van der Waals surface area contributed by atoms with E-state index >= 15 is 0 Å². The molecule has 0 spiro atoms. The van der Waals surface area contributed by atoms with Crippen molar-refractivity contribution in [3.8, 4) is 0 Å². The predicted octanol–water partition coefficient (Wildman–Crippen LogP) is 4.11. The number of aliphatic hydroxyl groups is 1. The topological polar surface area (TPSA) is 78.4 Å². The maximum atomic E-state index is 13.1. The third-order valence-corrected chi connectivity index (χ3v) is 5.48. The van der Waals surface area contributed by atoms with Crippen LogP contribution in [0.25, 0.3) is 10.9 Å². The second-order valence-electron chi connectivity index (χ2n) is 6.54. The van der Waals surface area contributed by atoms with Gasteiger partial charge in [-0.1, -0.05) is 13.0 Å². The minimum absolute atomic E-state index is 0.0750. The van der Waals surface area contributed by atoms with Crippen LogP contribution >= 0.6 is 11.3 Å². The quantitative estimate of drug-likeness (QED) is 0.670. The fourth-order valence-corrected chi connectivity index (χ4v) is 3.90. The van der Waals surface area contributed by atoms with Gasteiger partial charge in [-0.2, -0.15) is 10.2 Å². The Balaban J connectivity index is 1.89. The number of carbonyl (C=O) groups is 1. The molecule has 2 heterocycles. The molecule has 27 heavy (non-hydrogen) atoms. The number of hydrogen-bond donors (Lipinski definition) is 2. The molecule has 0 radical (unpaired) electrons. The van der Waals surface area contributed by atoms with Crippen LogP contribution in [0.4, 0.5) is 10.5 Å². The summed E-state index contributed by atoms with van der Waals surface area (Å²) in [6, 6.07) is 11.1. The summed E-state index contributed by atoms with van der Waals surface area (Å²) in [7, 11) is 0. The van der Waals surface area contributed by atoms with Crippen molar-refractivity contribution in [1.82, 2.24) is 15.1 Å². The highest BCUT2D eigenvalue weighted by Crippen LogP contribution is 2.24. The van der Waals surface area contributed by atoms with Gasteiger partial charge in [0.1, 0.15) is 0 Å². The Hall–Kier alpha value is -2.51. The number of amides is 2. The molecule has 0 unspecified atom stereocenters. The van der Waals surface area contributed by atoms with Crippen LogP contribution in [-0.4, -0.2) is 38.9 Å². The van der Waals surface area contributed by atoms with Crippen LogP contribution in [0.2, 0.25) is 0 Å². The number of hydrogen-bond acceptors (Lipinski definition) is 5. The molecular formula is C20H24N4O2S. The van der Waals surface area contributed by atoms with Gasteiger partial charge >= 0.3 is 6.03 Å². The summed E-state index contributed by atoms with van der Waals surface area (Å²) in [5.41, 5.74) is 2.21. The summed E-state index contributed by atoms with van der Waals surface area (Å²) in [5, 5.41) is 21.9. The highest BCUT2D eigenvalue weighted by molar-refractivity contribution is 7.11. The van der Waals surface area contributed by atoms with E-state index in [4.69, 9.17) is 0 Å². The van der Waals surface area contributed by atoms with E-state index in [0.29, 0.717) is 18.7 Å². The molecule has 0 saturated heterocycles. The van der Waals surface area contributed by atoms with Crippen LogP contribution in [0.3, 0.4) is 0 Å². The number of nitrogens with one attached hydrogen (secondary N) is 1. The molecule has 0 aliphatic rings. The van der Waals surface area contributed by atoms with E-state index in [1.54, 1.807) is 16.2 Å². The minimum Gasteiger partial charge on any atom is -0.394 e. The van der Waals surface area contributed by atoms with Crippen molar-refractivity contribution in [2.75, 3.05) is 11.9 Å². The van der Waals surface area contributed by atoms with E-state index in [1.807, 2.05) is 57.2 Å². The van der Waals surface area contributed by atoms with Crippen LogP contribution in [0, 0.1) is 13.8 Å². The number of carbonyl (C=O) groups excluding carboxylic acids is 1. The van der Waals surface area contributed by atoms with Gasteiger partial charge < -0.3 is 15.3 Å². The number of anilines is 1. The van der Waals surface area contributed by atoms with Crippen molar-refractivity contribution in [2.45, 2.75) is 39.8 Å². The number of aliphatic hydroxyl groups excluding tert-OH is 1. The standard InChI is InChI=1S/C20H24N4O2S/c1-4-15(12-25)24(11-16-9-8-14(3)27-16)20(26)21-18-6-5-7-19-17(18)10-13(2)22-23-19/h5-10,15,25H,4,11-12H2,1-3H3,(H,21,26)/t15-/m1/s1. The first kappa shape index (κ1) is 19.3. The van der Waals surface area contributed by atoms with E-state index in [1.165, 1.54) is 4.88 Å². The Bertz CT molecular complexity index is 937. The Kier molecular flexibility index (Phi) is 6.03. The van der Waals surface area contributed by atoms with Gasteiger partial charge in [-0.15, -0.1) is 11.3 Å². The first-order chi connectivity index (χ1) is 13.0. The van der Waals surface area contributed by atoms with Crippen LogP contribution < -0.4 is 5.32 Å². The maximum absolute atomic E-state index is 13.1. The van der Waals surface area contributed by atoms with Crippen molar-refractivity contribution in [3.05, 3.63) is 51.8 Å². The average Bonchev–Trinajstić information content (AvgIpc) is 3.07. The van der Waals surface area contributed by atoms with Gasteiger partial charge in [0.25, 0.3) is 0 Å². The second kappa shape index (κ2) is 8.45. The Labute approximate surface area is 162 Å². The first-order valence-electron chi connectivity index (χ1n) is 8.98. The maximum Gasteiger partial charge on any atom is 0.322 e. The normalized spacial score (nSPS) is 12.1. The van der Waals surface area contributed by atoms with E-state index < -0.39 is 0 Å². The first-order valence-corrected chi connectivity index (χ1v) is 9.80. The Morgan fingerprint density at radius 1 is 1.26 bits per heavy atom. The van der Waals surface area contributed by atoms with Gasteiger partial charge in [-0.3, -0.25) is 0 Å². The molecule has 6 nitrogen and oxygen atoms in total. The van der Waals surface area contributed by atoms with Crippen LogP contribution in [0.1, 0.15) is 28.8 Å². The molecule has 3 rings (SSSR count). The highest BCUT2D eigenvalue weighted by atomic mass is 32.1. The largest absolute Gasteiger partial charge is 0.394 e. The zero-order chi connectivity index (χ0) is 19.4. The molecule has 2 N–H and O–H groups in total. The van der Waals surface area contributed by atoms with Gasteiger partial charge in [0.2, 0.25) is 0 Å². The number of rotatable bonds is 6. The lowest BCUT2D eigenvalue weighted by molar-refractivity contribution is 0.135. The van der Waals surface area contributed by atoms with Crippen molar-refractivity contribution >= 4 is 34.0 Å². The van der Waals surface area contributed by atoms with E-state index in [9.17, 15) is 9.90 Å². The highest BCUT2D eigenvalue weighted by Gasteiger charge is 2.23. The smallest absolute Gasteiger partial charge is 0.322 e. The number of aryl methyl sites for hydroxylation is 2. The molecule has 1 aromatic carbocycles. The summed E-state index contributed by atoms with van der Waals surface area (Å²) >= 11 is 1.66. The average molecular weight is 385 g/mol. The molecule has 3 aromatic rings. The van der Waals surface area contributed by atoms with Crippen molar-refractivity contribution in [2.24, 2.45) is 0 Å². The van der Waals surface area contributed by atoms with E-state index in [-0.39, 0.29) is 18.7 Å². The molecule has 2 aromatic heterocycles. The molecule has 7 heteroatoms. The fourth-order valence-electron chi connectivity index (χ4n) is 3.01. The van der Waals surface area contributed by atoms with Crippen LogP contribution in [0.15, 0.2) is 36.4 Å². The third kappa shape index (κ3) is 4.43. The van der Waals surface area contributed by atoms with Crippen LogP contribution in [0.5, 0.6) is 0 Å². The monoisotopic (exact) mass is 384 g/mol. The van der Waals surface area contributed by atoms with Crippen molar-refractivity contribution in [3.63, 3.8) is 0 Å². The van der Waals surface area contributed by atoms with Gasteiger partial charge in [0, 0.05) is 15.1 Å². The number of nitrogens with zero attached hydrogens (tertiary/aromatic N) is 3. The third-order valence-electron chi connectivity index (χ3n) is 4.50. The number of fused-ring (bicyclic) bond motifs is 1. The molecule has 0 aliphatic carbocycles. The van der Waals surface area contributed by atoms with Gasteiger partial charge in [0.15, 0.2) is 0 Å². The van der Waals surface area contributed by atoms with Gasteiger partial charge in [-0.05, 0) is 50.6 Å². The summed E-state index contributed by atoms with van der Waals surface area (Å²) in [6.07, 6.45) is 0.675. The second-order valence-corrected chi connectivity index (χ2v) is 7.91. The van der Waals surface area contributed by atoms with Gasteiger partial charge in [-0.25, -0.2) is 4.79 Å². The zero-order valence-corrected chi connectivity index (χ0v) is 16.6. The lowest BCUT2D eigenvalue weighted by Gasteiger charge is -2.30. The molecule has 0 fully saturated rings. The molecule has 142 valence electrons. The lowest BCUT2D eigenvalue weighted by atomic mass is 10.1. The Morgan fingerprint density at radius 2 is 2.07 bits per heavy atom. The Morgan fingerprint density at radius 3 is 2.74 bits per heavy atom. The molecular weight excluding hydrogens is 360 g/mol. The number of benzene rings is 1. The molecule has 0 aliphatic heterocycles. The summed E-state index contributed by atoms with van der Waals surface area (Å²) < 4.78 is 0. The molecule has 0 bridgehead atoms. The van der Waals surface area contributed by atoms with Crippen molar-refractivity contribution < 1.29 is 9.90 Å². The SMILES string of the molecule is CC[C@H](CO)N(Cc1ccc(C)s1)C(=O)Nc1cccc2nnc(C)cc12. The number of urea groups is 1. The van der Waals surface area contributed by atoms with Crippen molar-refractivity contribution in [1.29, 1.82) is 0 Å². The molecule has 0 saturated carbocycles. The predicted molar refractivity (Wildman–Crippen MR) is 109 cm³/mol. The number of aromatic nitrogens is 2. The van der Waals surface area contributed by atoms with E-state index in [2.05, 4.69) is 15.5 Å². The van der Waals surface area contributed by atoms with E-state index in [0.717, 1.165) is 21.5 Å². The summed E-state index contributed by atoms with van der Waals surface area (Å²) in [4.78, 5) is 17.1. The lowest BCUT2D eigenvalue weighted by Crippen LogP contribution is -2.43. The number of thiophene rings is 1. The summed E-state index contributed by atoms with van der Waals surface area (Å²) in [6.45, 7) is 6.27.